The topological polar surface area (TPSA) is 54.4 Å². The molecule has 0 N–H and O–H groups in total. The molecule has 0 saturated carbocycles. The first-order valence-electron chi connectivity index (χ1n) is 41.2. The SMILES string of the molecule is [C-]#[N+]c1ccc(-n2c3ccc(-c4ccccc4)cc3c3cc(-c4cc5c6c(c4)N(c4ccc(-c7ccccc7)cc4)c4cc(-c7cc(C(C)(C)C)cc(C(C)(C)C)c7)ccc4B6c4ccc(-c6cc(C(C)(C)C)cc(C(C)(C)C)c6)cc4N5c4ccc(-c5ccccc5)cc4)ccc32)c(-c2nc(-c3ccccc3)nc(-c3ccccc3)n2)c1. The molecule has 2 aromatic heterocycles. The van der Waals surface area contributed by atoms with E-state index < -0.39 is 0 Å². The van der Waals surface area contributed by atoms with Crippen molar-refractivity contribution in [2.75, 3.05) is 9.80 Å². The van der Waals surface area contributed by atoms with E-state index in [0.717, 1.165) is 128 Å². The molecule has 0 saturated heterocycles. The van der Waals surface area contributed by atoms with Crippen LogP contribution in [0.5, 0.6) is 0 Å². The maximum atomic E-state index is 8.50. The minimum Gasteiger partial charge on any atom is -0.311 e. The van der Waals surface area contributed by atoms with Gasteiger partial charge >= 0.3 is 0 Å². The van der Waals surface area contributed by atoms with Gasteiger partial charge in [-0.15, -0.1) is 0 Å². The fraction of sp³-hybridized carbons (Fsp3) is 0.145. The Morgan fingerprint density at radius 1 is 0.263 bits per heavy atom. The molecule has 0 atom stereocenters. The van der Waals surface area contributed by atoms with E-state index in [9.17, 15) is 0 Å². The summed E-state index contributed by atoms with van der Waals surface area (Å²) in [6, 6.07) is 125. The number of hydrogen-bond acceptors (Lipinski definition) is 5. The van der Waals surface area contributed by atoms with Gasteiger partial charge in [-0.3, -0.25) is 0 Å². The zero-order chi connectivity index (χ0) is 81.1. The second-order valence-electron chi connectivity index (χ2n) is 36.0. The van der Waals surface area contributed by atoms with Crippen LogP contribution in [-0.4, -0.2) is 26.2 Å². The number of hydrogen-bond donors (Lipinski definition) is 0. The molecule has 0 aliphatic carbocycles. The standard InChI is InChI=1S/C110H92BN7/c1-107(2,3)84-57-81(58-85(67-84)108(4,5)6)79-43-52-94-99(63-79)116(89-48-39-73(40-49-89)70-29-19-14-20-30-70)101-65-83(66-102-103(101)111(94)95-53-44-80(82-59-86(109(7,8)9)68-87(60-82)110(10,11)12)64-100(95)117(102)90-50-41-74(42-51-90)71-31-21-15-22-32-71)78-46-55-97-92(62-78)91-61-77(72-33-23-16-24-34-72)45-54-96(91)118(97)98-56-47-88(112-13)69-93(98)106-114-104(75-35-25-17-26-36-75)113-105(115-106)76-37-27-18-28-38-76/h14-69H,1-12H3. The van der Waals surface area contributed by atoms with E-state index in [2.05, 4.69) is 369 Å². The lowest BCUT2D eigenvalue weighted by Crippen LogP contribution is -2.61. The van der Waals surface area contributed by atoms with Gasteiger partial charge in [0.15, 0.2) is 23.2 Å². The molecule has 0 unspecified atom stereocenters. The lowest BCUT2D eigenvalue weighted by atomic mass is 9.33. The first kappa shape index (κ1) is 74.4. The number of nitrogens with zero attached hydrogens (tertiary/aromatic N) is 7. The van der Waals surface area contributed by atoms with Crippen molar-refractivity contribution in [3.8, 4) is 107 Å². The van der Waals surface area contributed by atoms with Crippen molar-refractivity contribution >= 4 is 84.7 Å². The minimum absolute atomic E-state index is 0.103. The second kappa shape index (κ2) is 28.9. The van der Waals surface area contributed by atoms with Gasteiger partial charge in [-0.05, 0) is 212 Å². The lowest BCUT2D eigenvalue weighted by Gasteiger charge is -2.45. The molecule has 0 bridgehead atoms. The molecular formula is C110H92BN7. The Balaban J connectivity index is 0.902. The summed E-state index contributed by atoms with van der Waals surface area (Å²) in [7, 11) is 0. The Kier molecular flexibility index (Phi) is 18.2. The summed E-state index contributed by atoms with van der Waals surface area (Å²) in [4.78, 5) is 25.0. The maximum Gasteiger partial charge on any atom is 0.252 e. The van der Waals surface area contributed by atoms with Crippen molar-refractivity contribution in [1.29, 1.82) is 0 Å². The lowest BCUT2D eigenvalue weighted by molar-refractivity contribution is 0.568. The van der Waals surface area contributed by atoms with E-state index in [0.29, 0.717) is 28.7 Å². The third-order valence-electron chi connectivity index (χ3n) is 24.0. The number of rotatable bonds is 12. The average molecular weight is 1520 g/mol. The van der Waals surface area contributed by atoms with Gasteiger partial charge in [0.05, 0.1) is 23.3 Å². The van der Waals surface area contributed by atoms with Gasteiger partial charge < -0.3 is 14.4 Å². The van der Waals surface area contributed by atoms with Crippen LogP contribution in [0.3, 0.4) is 0 Å². The van der Waals surface area contributed by atoms with Crippen LogP contribution in [0.1, 0.15) is 105 Å². The summed E-state index contributed by atoms with van der Waals surface area (Å²) in [5.74, 6) is 1.54. The van der Waals surface area contributed by atoms with Crippen molar-refractivity contribution < 1.29 is 0 Å². The fourth-order valence-electron chi connectivity index (χ4n) is 17.4. The second-order valence-corrected chi connectivity index (χ2v) is 36.0. The summed E-state index contributed by atoms with van der Waals surface area (Å²) >= 11 is 0. The first-order chi connectivity index (χ1) is 56.9. The highest BCUT2D eigenvalue weighted by atomic mass is 15.2. The summed E-state index contributed by atoms with van der Waals surface area (Å²) < 4.78 is 2.36. The molecule has 2 aliphatic heterocycles. The Morgan fingerprint density at radius 3 is 0.958 bits per heavy atom. The van der Waals surface area contributed by atoms with E-state index in [-0.39, 0.29) is 28.4 Å². The molecule has 0 radical (unpaired) electrons. The largest absolute Gasteiger partial charge is 0.311 e. The Hall–Kier alpha value is -13.7. The van der Waals surface area contributed by atoms with Gasteiger partial charge in [0.1, 0.15) is 0 Å². The maximum absolute atomic E-state index is 8.50. The van der Waals surface area contributed by atoms with Crippen LogP contribution in [0.15, 0.2) is 340 Å². The zero-order valence-corrected chi connectivity index (χ0v) is 69.0. The summed E-state index contributed by atoms with van der Waals surface area (Å²) in [5, 5.41) is 2.13. The number of fused-ring (bicyclic) bond motifs is 7. The molecule has 8 heteroatoms. The molecule has 2 aliphatic rings. The van der Waals surface area contributed by atoms with Gasteiger partial charge in [0.2, 0.25) is 0 Å². The Bertz CT molecular complexity index is 6460. The van der Waals surface area contributed by atoms with Crippen molar-refractivity contribution in [3.05, 3.63) is 373 Å². The van der Waals surface area contributed by atoms with Crippen LogP contribution in [0.25, 0.3) is 133 Å². The molecule has 15 aromatic carbocycles. The normalized spacial score (nSPS) is 12.7. The van der Waals surface area contributed by atoms with Crippen molar-refractivity contribution in [3.63, 3.8) is 0 Å². The van der Waals surface area contributed by atoms with Crippen molar-refractivity contribution in [2.45, 2.75) is 105 Å². The third-order valence-corrected chi connectivity index (χ3v) is 24.0. The van der Waals surface area contributed by atoms with Gasteiger partial charge in [0, 0.05) is 61.6 Å². The molecule has 4 heterocycles. The molecule has 570 valence electrons. The van der Waals surface area contributed by atoms with Gasteiger partial charge in [0.25, 0.3) is 6.71 Å². The van der Waals surface area contributed by atoms with Crippen LogP contribution >= 0.6 is 0 Å². The molecule has 0 fully saturated rings. The molecule has 0 amide bonds. The highest BCUT2D eigenvalue weighted by molar-refractivity contribution is 7.00. The fourth-order valence-corrected chi connectivity index (χ4v) is 17.4. The van der Waals surface area contributed by atoms with Crippen molar-refractivity contribution in [1.82, 2.24) is 19.5 Å². The summed E-state index contributed by atoms with van der Waals surface area (Å²) in [5.41, 5.74) is 34.5. The van der Waals surface area contributed by atoms with Crippen molar-refractivity contribution in [2.24, 2.45) is 0 Å². The molecule has 118 heavy (non-hydrogen) atoms. The van der Waals surface area contributed by atoms with Crippen LogP contribution < -0.4 is 26.2 Å². The number of aromatic nitrogens is 4. The molecule has 0 spiro atoms. The van der Waals surface area contributed by atoms with Gasteiger partial charge in [-0.2, -0.15) is 0 Å². The Morgan fingerprint density at radius 2 is 0.576 bits per heavy atom. The predicted octanol–water partition coefficient (Wildman–Crippen LogP) is 27.8. The van der Waals surface area contributed by atoms with Gasteiger partial charge in [-0.25, -0.2) is 19.8 Å². The van der Waals surface area contributed by atoms with Crippen LogP contribution in [0.2, 0.25) is 0 Å². The molecule has 19 rings (SSSR count). The molecule has 17 aromatic rings. The number of anilines is 6. The summed E-state index contributed by atoms with van der Waals surface area (Å²) in [6.07, 6.45) is 0. The first-order valence-corrected chi connectivity index (χ1v) is 41.2. The minimum atomic E-state index is -0.207. The smallest absolute Gasteiger partial charge is 0.252 e. The Labute approximate surface area is 694 Å². The van der Waals surface area contributed by atoms with Crippen LogP contribution in [0, 0.1) is 6.57 Å². The van der Waals surface area contributed by atoms with E-state index in [1.165, 1.54) is 49.8 Å². The van der Waals surface area contributed by atoms with Crippen LogP contribution in [-0.2, 0) is 21.7 Å². The molecule has 7 nitrogen and oxygen atoms in total. The van der Waals surface area contributed by atoms with Crippen LogP contribution in [0.4, 0.5) is 39.8 Å². The summed E-state index contributed by atoms with van der Waals surface area (Å²) in [6.45, 7) is 36.3. The molecular weight excluding hydrogens is 1430 g/mol. The highest BCUT2D eigenvalue weighted by Crippen LogP contribution is 2.51. The van der Waals surface area contributed by atoms with E-state index >= 15 is 0 Å². The predicted molar refractivity (Wildman–Crippen MR) is 498 cm³/mol. The van der Waals surface area contributed by atoms with E-state index in [4.69, 9.17) is 21.5 Å². The van der Waals surface area contributed by atoms with Gasteiger partial charge in [-0.1, -0.05) is 338 Å². The monoisotopic (exact) mass is 1520 g/mol. The highest BCUT2D eigenvalue weighted by Gasteiger charge is 2.45. The third kappa shape index (κ3) is 13.6. The quantitative estimate of drug-likeness (QED) is 0.0901. The number of benzene rings is 15. The zero-order valence-electron chi connectivity index (χ0n) is 69.0. The van der Waals surface area contributed by atoms with E-state index in [1.54, 1.807) is 0 Å². The average Bonchev–Trinajstić information content (AvgIpc) is 0.798. The van der Waals surface area contributed by atoms with E-state index in [1.807, 2.05) is 72.8 Å².